The Kier molecular flexibility index (Phi) is 7.83. The van der Waals surface area contributed by atoms with Crippen LogP contribution in [0.3, 0.4) is 0 Å². The summed E-state index contributed by atoms with van der Waals surface area (Å²) in [4.78, 5) is 69.7. The van der Waals surface area contributed by atoms with Crippen LogP contribution in [0.4, 0.5) is 10.5 Å². The number of phenols is 1. The van der Waals surface area contributed by atoms with Gasteiger partial charge in [-0.2, -0.15) is 9.91 Å². The fraction of sp³-hybridized carbons (Fsp3) is 0.286. The first-order valence-corrected chi connectivity index (χ1v) is 16.2. The Balaban J connectivity index is 1.47. The predicted octanol–water partition coefficient (Wildman–Crippen LogP) is 4.78. The van der Waals surface area contributed by atoms with E-state index in [1.165, 1.54) is 26.4 Å². The molecule has 2 saturated heterocycles. The molecule has 0 spiro atoms. The van der Waals surface area contributed by atoms with E-state index in [-0.39, 0.29) is 35.1 Å². The largest absolute Gasteiger partial charge is 0.504 e. The number of rotatable bonds is 6. The number of urea groups is 1. The number of primary amides is 1. The normalized spacial score (nSPS) is 27.3. The van der Waals surface area contributed by atoms with E-state index in [4.69, 9.17) is 38.4 Å². The number of ether oxygens (including phenoxy) is 2. The Morgan fingerprint density at radius 2 is 1.67 bits per heavy atom. The molecule has 4 N–H and O–H groups in total. The molecule has 12 nitrogen and oxygen atoms in total. The molecule has 2 heterocycles. The average molecular weight is 706 g/mol. The van der Waals surface area contributed by atoms with E-state index in [9.17, 15) is 24.3 Å². The van der Waals surface area contributed by atoms with Gasteiger partial charge in [0.15, 0.2) is 11.5 Å². The van der Waals surface area contributed by atoms with E-state index in [2.05, 4.69) is 5.43 Å². The van der Waals surface area contributed by atoms with Gasteiger partial charge in [0, 0.05) is 10.9 Å². The molecule has 2 aliphatic heterocycles. The molecular formula is C35H30Cl2N4O8. The first-order chi connectivity index (χ1) is 23.4. The predicted molar refractivity (Wildman–Crippen MR) is 177 cm³/mol. The quantitative estimate of drug-likeness (QED) is 0.242. The van der Waals surface area contributed by atoms with E-state index in [1.54, 1.807) is 48.5 Å². The Labute approximate surface area is 290 Å². The molecule has 6 amide bonds. The molecule has 1 saturated carbocycles. The minimum atomic E-state index is -1.62. The minimum Gasteiger partial charge on any atom is -0.504 e. The van der Waals surface area contributed by atoms with E-state index in [1.807, 2.05) is 6.08 Å². The average Bonchev–Trinajstić information content (AvgIpc) is 3.46. The summed E-state index contributed by atoms with van der Waals surface area (Å²) in [6.45, 7) is 0. The van der Waals surface area contributed by atoms with Crippen molar-refractivity contribution >= 4 is 58.5 Å². The van der Waals surface area contributed by atoms with Crippen LogP contribution in [0.1, 0.15) is 29.9 Å². The summed E-state index contributed by atoms with van der Waals surface area (Å²) in [5, 5.41) is 12.5. The Morgan fingerprint density at radius 3 is 2.31 bits per heavy atom. The van der Waals surface area contributed by atoms with Crippen LogP contribution in [0.25, 0.3) is 0 Å². The zero-order chi connectivity index (χ0) is 34.9. The smallest absolute Gasteiger partial charge is 0.328 e. The zero-order valence-electron chi connectivity index (χ0n) is 26.2. The summed E-state index contributed by atoms with van der Waals surface area (Å²) >= 11 is 12.6. The topological polar surface area (TPSA) is 169 Å². The van der Waals surface area contributed by atoms with Crippen molar-refractivity contribution < 1.29 is 38.6 Å². The number of amides is 6. The van der Waals surface area contributed by atoms with Crippen LogP contribution in [0.15, 0.2) is 72.3 Å². The first-order valence-electron chi connectivity index (χ1n) is 15.4. The van der Waals surface area contributed by atoms with Gasteiger partial charge in [-0.05, 0) is 72.4 Å². The number of allylic oxidation sites excluding steroid dienone is 2. The molecule has 6 atom stereocenters. The standard InChI is InChI=1S/C35H30Cl2N4O8/c1-48-19-7-4-17(5-8-19)35-23(31(44)41(33(35)46)39-25-11-6-18(36)14-24(25)37)15-22-20(29(35)16-3-12-27(49-2)26(42)13-16)9-10-21-28(22)32(45)40(30(21)43)34(38)47/h3-9,11-14,21-23,28-29,39,42H,10,15H2,1-2H3,(H2,38,47). The number of methoxy groups -OCH3 is 2. The van der Waals surface area contributed by atoms with Crippen molar-refractivity contribution in [2.75, 3.05) is 19.6 Å². The number of aromatic hydroxyl groups is 1. The van der Waals surface area contributed by atoms with Crippen LogP contribution in [0.5, 0.6) is 17.2 Å². The lowest BCUT2D eigenvalue weighted by atomic mass is 9.49. The number of anilines is 1. The van der Waals surface area contributed by atoms with Crippen molar-refractivity contribution in [2.45, 2.75) is 24.2 Å². The maximum Gasteiger partial charge on any atom is 0.328 e. The summed E-state index contributed by atoms with van der Waals surface area (Å²) in [6.07, 6.45) is 1.90. The monoisotopic (exact) mass is 704 g/mol. The number of benzene rings is 3. The van der Waals surface area contributed by atoms with Gasteiger partial charge in [-0.1, -0.05) is 53.1 Å². The van der Waals surface area contributed by atoms with Gasteiger partial charge in [-0.15, -0.1) is 0 Å². The van der Waals surface area contributed by atoms with Crippen molar-refractivity contribution in [1.29, 1.82) is 0 Å². The molecule has 0 bridgehead atoms. The third-order valence-corrected chi connectivity index (χ3v) is 10.9. The van der Waals surface area contributed by atoms with Gasteiger partial charge in [0.05, 0.1) is 48.1 Å². The van der Waals surface area contributed by atoms with Crippen molar-refractivity contribution in [3.63, 3.8) is 0 Å². The number of carbonyl (C=O) groups is 5. The number of nitrogens with zero attached hydrogens (tertiary/aromatic N) is 2. The lowest BCUT2D eigenvalue weighted by Gasteiger charge is -2.50. The van der Waals surface area contributed by atoms with E-state index < -0.39 is 64.7 Å². The molecule has 49 heavy (non-hydrogen) atoms. The maximum atomic E-state index is 15.2. The van der Waals surface area contributed by atoms with Gasteiger partial charge in [0.1, 0.15) is 5.75 Å². The van der Waals surface area contributed by atoms with Crippen LogP contribution in [-0.4, -0.2) is 58.9 Å². The Morgan fingerprint density at radius 1 is 0.939 bits per heavy atom. The summed E-state index contributed by atoms with van der Waals surface area (Å²) in [6, 6.07) is 14.9. The number of nitrogens with one attached hydrogen (secondary N) is 1. The second-order valence-corrected chi connectivity index (χ2v) is 13.3. The van der Waals surface area contributed by atoms with Crippen molar-refractivity contribution in [2.24, 2.45) is 29.4 Å². The van der Waals surface area contributed by atoms with Crippen molar-refractivity contribution in [1.82, 2.24) is 9.91 Å². The second kappa shape index (κ2) is 11.8. The molecule has 0 aromatic heterocycles. The fourth-order valence-electron chi connectivity index (χ4n) is 8.32. The summed E-state index contributed by atoms with van der Waals surface area (Å²) in [5.41, 5.74) is 8.58. The summed E-state index contributed by atoms with van der Waals surface area (Å²) in [5.74, 6) is -6.77. The number of hydrazine groups is 1. The van der Waals surface area contributed by atoms with Crippen LogP contribution in [0.2, 0.25) is 10.0 Å². The molecule has 3 aromatic carbocycles. The number of fused-ring (bicyclic) bond motifs is 4. The molecule has 3 fully saturated rings. The molecule has 4 aliphatic rings. The highest BCUT2D eigenvalue weighted by atomic mass is 35.5. The number of likely N-dealkylation sites (tertiary alicyclic amines) is 1. The fourth-order valence-corrected chi connectivity index (χ4v) is 8.77. The number of halogens is 2. The molecule has 252 valence electrons. The minimum absolute atomic E-state index is 0.0135. The maximum absolute atomic E-state index is 15.2. The van der Waals surface area contributed by atoms with Gasteiger partial charge in [0.25, 0.3) is 11.8 Å². The van der Waals surface area contributed by atoms with E-state index in [0.29, 0.717) is 32.4 Å². The molecule has 7 rings (SSSR count). The molecule has 14 heteroatoms. The number of hydrogen-bond donors (Lipinski definition) is 3. The third-order valence-electron chi connectivity index (χ3n) is 10.3. The third kappa shape index (κ3) is 4.68. The van der Waals surface area contributed by atoms with E-state index in [0.717, 1.165) is 5.01 Å². The summed E-state index contributed by atoms with van der Waals surface area (Å²) in [7, 11) is 2.91. The Hall–Kier alpha value is -5.07. The van der Waals surface area contributed by atoms with Crippen LogP contribution in [0, 0.1) is 23.7 Å². The number of phenolic OH excluding ortho intramolecular Hbond substituents is 1. The zero-order valence-corrected chi connectivity index (χ0v) is 27.7. The molecule has 3 aromatic rings. The van der Waals surface area contributed by atoms with Crippen LogP contribution >= 0.6 is 23.2 Å². The van der Waals surface area contributed by atoms with Gasteiger partial charge in [-0.25, -0.2) is 4.79 Å². The highest BCUT2D eigenvalue weighted by Crippen LogP contribution is 2.64. The van der Waals surface area contributed by atoms with Gasteiger partial charge in [-0.3, -0.25) is 24.6 Å². The van der Waals surface area contributed by atoms with Gasteiger partial charge < -0.3 is 20.3 Å². The molecule has 2 aliphatic carbocycles. The first kappa shape index (κ1) is 32.5. The van der Waals surface area contributed by atoms with Gasteiger partial charge in [0.2, 0.25) is 11.8 Å². The highest BCUT2D eigenvalue weighted by Gasteiger charge is 2.70. The number of nitrogens with two attached hydrogens (primary N) is 1. The highest BCUT2D eigenvalue weighted by molar-refractivity contribution is 6.36. The summed E-state index contributed by atoms with van der Waals surface area (Å²) < 4.78 is 10.7. The van der Waals surface area contributed by atoms with Crippen LogP contribution in [-0.2, 0) is 24.6 Å². The SMILES string of the molecule is COc1ccc(C23C(=O)N(Nc4ccc(Cl)cc4Cl)C(=O)C2CC2C(=CCC4C(=O)N(C(N)=O)C(=O)C42)C3c2ccc(OC)c(O)c2)cc1. The number of carbonyl (C=O) groups excluding carboxylic acids is 5. The number of hydrogen-bond acceptors (Lipinski definition) is 9. The second-order valence-electron chi connectivity index (χ2n) is 12.5. The lowest BCUT2D eigenvalue weighted by molar-refractivity contribution is -0.139. The van der Waals surface area contributed by atoms with E-state index >= 15 is 4.79 Å². The molecule has 6 unspecified atom stereocenters. The molecular weight excluding hydrogens is 675 g/mol. The molecule has 0 radical (unpaired) electrons. The Bertz CT molecular complexity index is 1980. The van der Waals surface area contributed by atoms with Crippen molar-refractivity contribution in [3.05, 3.63) is 93.5 Å². The van der Waals surface area contributed by atoms with Crippen LogP contribution < -0.4 is 20.6 Å². The lowest BCUT2D eigenvalue weighted by Crippen LogP contribution is -2.53. The van der Waals surface area contributed by atoms with Gasteiger partial charge >= 0.3 is 6.03 Å². The number of imide groups is 4. The van der Waals surface area contributed by atoms with Crippen molar-refractivity contribution in [3.8, 4) is 17.2 Å².